The Labute approximate surface area is 226 Å². The average Bonchev–Trinajstić information content (AvgIpc) is 2.87. The molecule has 6 heteroatoms. The van der Waals surface area contributed by atoms with E-state index in [1.165, 1.54) is 0 Å². The molecule has 36 heavy (non-hydrogen) atoms. The number of benzene rings is 3. The van der Waals surface area contributed by atoms with E-state index >= 15 is 0 Å². The Morgan fingerprint density at radius 3 is 1.17 bits per heavy atom. The lowest BCUT2D eigenvalue weighted by Gasteiger charge is -2.26. The lowest BCUT2D eigenvalue weighted by Crippen LogP contribution is -2.16. The third-order valence-electron chi connectivity index (χ3n) is 6.73. The number of hydrogen-bond donors (Lipinski definition) is 0. The van der Waals surface area contributed by atoms with Crippen LogP contribution in [0.3, 0.4) is 0 Å². The normalized spacial score (nSPS) is 14.9. The molecule has 0 saturated heterocycles. The largest absolute Gasteiger partial charge is 0.490 e. The van der Waals surface area contributed by atoms with E-state index in [-0.39, 0.29) is 24.4 Å². The Morgan fingerprint density at radius 2 is 0.861 bits per heavy atom. The van der Waals surface area contributed by atoms with Gasteiger partial charge in [-0.15, -0.1) is 0 Å². The van der Waals surface area contributed by atoms with Gasteiger partial charge in [0.25, 0.3) is 0 Å². The van der Waals surface area contributed by atoms with Crippen LogP contribution in [0, 0.1) is 0 Å². The molecule has 4 nitrogen and oxygen atoms in total. The summed E-state index contributed by atoms with van der Waals surface area (Å²) in [5.74, 6) is 2.88. The minimum atomic E-state index is -0.0252. The van der Waals surface area contributed by atoms with Crippen LogP contribution in [0.1, 0.15) is 81.1 Å². The maximum atomic E-state index is 6.62. The van der Waals surface area contributed by atoms with Gasteiger partial charge >= 0.3 is 0 Å². The smallest absolute Gasteiger partial charge is 0.139 e. The molecule has 3 aromatic carbocycles. The number of rotatable bonds is 12. The van der Waals surface area contributed by atoms with Crippen LogP contribution < -0.4 is 18.9 Å². The lowest BCUT2D eigenvalue weighted by molar-refractivity contribution is 0.205. The Bertz CT molecular complexity index is 1100. The zero-order valence-corrected chi connectivity index (χ0v) is 24.3. The first-order chi connectivity index (χ1) is 17.1. The second-order valence-corrected chi connectivity index (χ2v) is 10.4. The first-order valence-electron chi connectivity index (χ1n) is 13.2. The minimum absolute atomic E-state index is 0.0226. The Morgan fingerprint density at radius 1 is 0.556 bits per heavy atom. The molecule has 4 unspecified atom stereocenters. The zero-order chi connectivity index (χ0) is 26.6. The van der Waals surface area contributed by atoms with Gasteiger partial charge in [-0.05, 0) is 77.6 Å². The van der Waals surface area contributed by atoms with Gasteiger partial charge in [0.1, 0.15) is 23.0 Å². The summed E-state index contributed by atoms with van der Waals surface area (Å²) < 4.78 is 26.2. The molecule has 0 saturated carbocycles. The number of hydrogen-bond acceptors (Lipinski definition) is 4. The van der Waals surface area contributed by atoms with Gasteiger partial charge in [0, 0.05) is 10.8 Å². The van der Waals surface area contributed by atoms with E-state index in [1.807, 2.05) is 24.3 Å². The Kier molecular flexibility index (Phi) is 9.88. The van der Waals surface area contributed by atoms with Gasteiger partial charge in [-0.1, -0.05) is 50.9 Å². The molecule has 0 aliphatic rings. The monoisotopic (exact) mass is 534 g/mol. The Balaban J connectivity index is 2.57. The molecule has 0 bridgehead atoms. The second-order valence-electron chi connectivity index (χ2n) is 9.63. The SMILES string of the molecule is CCC(C)Oc1ccc(OC(C)CC)c2c(OC(C)CC)c3cc(Cl)c(Cl)cc3c(OC(C)CC)c12. The van der Waals surface area contributed by atoms with Crippen LogP contribution in [-0.4, -0.2) is 24.4 Å². The summed E-state index contributed by atoms with van der Waals surface area (Å²) in [5, 5.41) is 4.27. The third kappa shape index (κ3) is 6.08. The van der Waals surface area contributed by atoms with Crippen molar-refractivity contribution in [1.29, 1.82) is 0 Å². The van der Waals surface area contributed by atoms with Crippen molar-refractivity contribution >= 4 is 44.7 Å². The van der Waals surface area contributed by atoms with Crippen molar-refractivity contribution in [2.75, 3.05) is 0 Å². The molecule has 0 aliphatic carbocycles. The highest BCUT2D eigenvalue weighted by Crippen LogP contribution is 2.52. The number of fused-ring (bicyclic) bond motifs is 2. The van der Waals surface area contributed by atoms with Crippen molar-refractivity contribution in [3.63, 3.8) is 0 Å². The van der Waals surface area contributed by atoms with Gasteiger partial charge in [-0.2, -0.15) is 0 Å². The van der Waals surface area contributed by atoms with Crippen LogP contribution in [0.2, 0.25) is 10.0 Å². The van der Waals surface area contributed by atoms with E-state index < -0.39 is 0 Å². The zero-order valence-electron chi connectivity index (χ0n) is 22.8. The number of halogens is 2. The minimum Gasteiger partial charge on any atom is -0.490 e. The fourth-order valence-electron chi connectivity index (χ4n) is 3.82. The summed E-state index contributed by atoms with van der Waals surface area (Å²) in [4.78, 5) is 0. The van der Waals surface area contributed by atoms with Gasteiger partial charge in [0.15, 0.2) is 0 Å². The molecule has 4 atom stereocenters. The first-order valence-corrected chi connectivity index (χ1v) is 14.0. The van der Waals surface area contributed by atoms with E-state index in [1.54, 1.807) is 0 Å². The molecule has 0 amide bonds. The highest BCUT2D eigenvalue weighted by Gasteiger charge is 2.27. The molecule has 0 aromatic heterocycles. The maximum absolute atomic E-state index is 6.62. The van der Waals surface area contributed by atoms with Gasteiger partial charge in [0.2, 0.25) is 0 Å². The third-order valence-corrected chi connectivity index (χ3v) is 7.45. The van der Waals surface area contributed by atoms with E-state index in [2.05, 4.69) is 55.4 Å². The van der Waals surface area contributed by atoms with E-state index in [9.17, 15) is 0 Å². The van der Waals surface area contributed by atoms with Crippen molar-refractivity contribution in [3.8, 4) is 23.0 Å². The summed E-state index contributed by atoms with van der Waals surface area (Å²) in [6.45, 7) is 16.7. The van der Waals surface area contributed by atoms with Gasteiger partial charge < -0.3 is 18.9 Å². The summed E-state index contributed by atoms with van der Waals surface area (Å²) in [7, 11) is 0. The molecule has 3 rings (SSSR count). The van der Waals surface area contributed by atoms with Gasteiger partial charge in [-0.3, -0.25) is 0 Å². The molecule has 0 fully saturated rings. The summed E-state index contributed by atoms with van der Waals surface area (Å²) in [6.07, 6.45) is 3.44. The van der Waals surface area contributed by atoms with Gasteiger partial charge in [-0.25, -0.2) is 0 Å². The summed E-state index contributed by atoms with van der Waals surface area (Å²) in [6, 6.07) is 7.70. The van der Waals surface area contributed by atoms with Gasteiger partial charge in [0.05, 0.1) is 45.2 Å². The van der Waals surface area contributed by atoms with E-state index in [4.69, 9.17) is 42.1 Å². The molecule has 198 valence electrons. The van der Waals surface area contributed by atoms with Crippen molar-refractivity contribution in [3.05, 3.63) is 34.3 Å². The maximum Gasteiger partial charge on any atom is 0.139 e. The topological polar surface area (TPSA) is 36.9 Å². The molecular weight excluding hydrogens is 495 g/mol. The van der Waals surface area contributed by atoms with Crippen molar-refractivity contribution in [1.82, 2.24) is 0 Å². The molecule has 0 heterocycles. The predicted octanol–water partition coefficient (Wildman–Crippen LogP) is 10.0. The van der Waals surface area contributed by atoms with Crippen LogP contribution in [0.4, 0.5) is 0 Å². The summed E-state index contributed by atoms with van der Waals surface area (Å²) in [5.41, 5.74) is 0. The van der Waals surface area contributed by atoms with Crippen molar-refractivity contribution in [2.24, 2.45) is 0 Å². The van der Waals surface area contributed by atoms with Crippen LogP contribution >= 0.6 is 23.2 Å². The molecular formula is C30H40Cl2O4. The number of ether oxygens (including phenoxy) is 4. The van der Waals surface area contributed by atoms with E-state index in [0.29, 0.717) is 21.5 Å². The highest BCUT2D eigenvalue weighted by atomic mass is 35.5. The predicted molar refractivity (Wildman–Crippen MR) is 153 cm³/mol. The fourth-order valence-corrected chi connectivity index (χ4v) is 4.14. The first kappa shape index (κ1) is 28.5. The quantitative estimate of drug-likeness (QED) is 0.216. The molecule has 0 radical (unpaired) electrons. The molecule has 0 aliphatic heterocycles. The second kappa shape index (κ2) is 12.5. The van der Waals surface area contributed by atoms with Crippen LogP contribution in [0.25, 0.3) is 21.5 Å². The van der Waals surface area contributed by atoms with Crippen LogP contribution in [0.5, 0.6) is 23.0 Å². The molecule has 3 aromatic rings. The molecule has 0 N–H and O–H groups in total. The Hall–Kier alpha value is -2.04. The highest BCUT2D eigenvalue weighted by molar-refractivity contribution is 6.43. The van der Waals surface area contributed by atoms with Crippen molar-refractivity contribution in [2.45, 2.75) is 105 Å². The summed E-state index contributed by atoms with van der Waals surface area (Å²) >= 11 is 13.1. The van der Waals surface area contributed by atoms with Crippen molar-refractivity contribution < 1.29 is 18.9 Å². The van der Waals surface area contributed by atoms with Crippen LogP contribution in [0.15, 0.2) is 24.3 Å². The molecule has 0 spiro atoms. The average molecular weight is 536 g/mol. The standard InChI is InChI=1S/C30H40Cl2O4/c1-9-17(5)33-25-13-14-26(34-18(6)10-2)28-27(25)29(35-19(7)11-3)21-15-23(31)24(32)16-22(21)30(28)36-20(8)12-4/h13-20H,9-12H2,1-8H3. The van der Waals surface area contributed by atoms with Crippen LogP contribution in [-0.2, 0) is 0 Å². The fraction of sp³-hybridized carbons (Fsp3) is 0.533. The lowest BCUT2D eigenvalue weighted by atomic mass is 9.98. The van der Waals surface area contributed by atoms with E-state index in [0.717, 1.165) is 58.7 Å².